The number of nitrogens with zero attached hydrogens (tertiary/aromatic N) is 3. The van der Waals surface area contributed by atoms with Gasteiger partial charge < -0.3 is 9.30 Å². The molecule has 4 aromatic rings. The van der Waals surface area contributed by atoms with Crippen LogP contribution in [0.5, 0.6) is 0 Å². The molecule has 0 aliphatic carbocycles. The zero-order valence-corrected chi connectivity index (χ0v) is 18.3. The molecule has 31 heavy (non-hydrogen) atoms. The number of aromatic nitrogens is 3. The molecule has 0 N–H and O–H groups in total. The molecule has 0 amide bonds. The van der Waals surface area contributed by atoms with Crippen molar-refractivity contribution >= 4 is 28.3 Å². The van der Waals surface area contributed by atoms with Gasteiger partial charge in [0, 0.05) is 23.4 Å². The molecule has 3 heterocycles. The Labute approximate surface area is 183 Å². The molecule has 5 rings (SSSR count). The van der Waals surface area contributed by atoms with Gasteiger partial charge in [0.25, 0.3) is 0 Å². The van der Waals surface area contributed by atoms with Crippen molar-refractivity contribution < 1.29 is 13.9 Å². The molecule has 0 bridgehead atoms. The largest absolute Gasteiger partial charge is 0.461 e. The molecule has 5 nitrogen and oxygen atoms in total. The summed E-state index contributed by atoms with van der Waals surface area (Å²) in [5, 5.41) is 0.788. The zero-order chi connectivity index (χ0) is 21.5. The second-order valence-electron chi connectivity index (χ2n) is 7.93. The minimum absolute atomic E-state index is 0.171. The first-order valence-electron chi connectivity index (χ1n) is 10.3. The lowest BCUT2D eigenvalue weighted by Gasteiger charge is -2.05. The SMILES string of the molecule is Cc1cc(F)ccc1-c1nc(C)c(CC(=O)OCc2ccc3c(c2)nc2n3CCC2)s1. The summed E-state index contributed by atoms with van der Waals surface area (Å²) in [5.74, 6) is 0.579. The fourth-order valence-electron chi connectivity index (χ4n) is 4.07. The molecule has 0 unspecified atom stereocenters. The summed E-state index contributed by atoms with van der Waals surface area (Å²) in [6, 6.07) is 10.7. The normalized spacial score (nSPS) is 13.0. The van der Waals surface area contributed by atoms with Gasteiger partial charge in [-0.1, -0.05) is 6.07 Å². The van der Waals surface area contributed by atoms with Crippen LogP contribution in [-0.4, -0.2) is 20.5 Å². The Morgan fingerprint density at radius 3 is 2.90 bits per heavy atom. The van der Waals surface area contributed by atoms with Crippen LogP contribution in [0, 0.1) is 19.7 Å². The number of thiazole rings is 1. The van der Waals surface area contributed by atoms with Crippen molar-refractivity contribution in [3.05, 3.63) is 69.7 Å². The van der Waals surface area contributed by atoms with E-state index in [9.17, 15) is 9.18 Å². The van der Waals surface area contributed by atoms with Gasteiger partial charge in [-0.3, -0.25) is 4.79 Å². The first kappa shape index (κ1) is 19.9. The number of esters is 1. The first-order valence-corrected chi connectivity index (χ1v) is 11.2. The van der Waals surface area contributed by atoms with Crippen molar-refractivity contribution in [2.45, 2.75) is 46.3 Å². The van der Waals surface area contributed by atoms with E-state index in [0.29, 0.717) is 0 Å². The molecule has 0 saturated heterocycles. The molecular weight excluding hydrogens is 413 g/mol. The molecule has 0 radical (unpaired) electrons. The smallest absolute Gasteiger partial charge is 0.311 e. The maximum atomic E-state index is 13.4. The Kier molecular flexibility index (Phi) is 5.06. The van der Waals surface area contributed by atoms with Gasteiger partial charge in [0.2, 0.25) is 0 Å². The summed E-state index contributed by atoms with van der Waals surface area (Å²) in [6.45, 7) is 4.98. The maximum Gasteiger partial charge on any atom is 0.311 e. The molecule has 2 aromatic carbocycles. The van der Waals surface area contributed by atoms with Gasteiger partial charge in [0.05, 0.1) is 23.1 Å². The molecule has 158 valence electrons. The van der Waals surface area contributed by atoms with E-state index in [0.717, 1.165) is 68.5 Å². The number of ether oxygens (including phenoxy) is 1. The summed E-state index contributed by atoms with van der Waals surface area (Å²) in [7, 11) is 0. The highest BCUT2D eigenvalue weighted by Crippen LogP contribution is 2.31. The zero-order valence-electron chi connectivity index (χ0n) is 17.4. The Balaban J connectivity index is 1.26. The van der Waals surface area contributed by atoms with E-state index in [1.54, 1.807) is 6.07 Å². The molecule has 2 aromatic heterocycles. The quantitative estimate of drug-likeness (QED) is 0.407. The van der Waals surface area contributed by atoms with Crippen LogP contribution in [0.2, 0.25) is 0 Å². The molecule has 0 atom stereocenters. The molecule has 0 spiro atoms. The van der Waals surface area contributed by atoms with Gasteiger partial charge in [-0.25, -0.2) is 14.4 Å². The third-order valence-corrected chi connectivity index (χ3v) is 6.88. The minimum atomic E-state index is -0.290. The monoisotopic (exact) mass is 435 g/mol. The fourth-order valence-corrected chi connectivity index (χ4v) is 5.21. The van der Waals surface area contributed by atoms with Crippen LogP contribution in [0.1, 0.15) is 33.9 Å². The molecule has 0 fully saturated rings. The Hall–Kier alpha value is -3.06. The average Bonchev–Trinajstić information content (AvgIpc) is 3.41. The Morgan fingerprint density at radius 1 is 1.19 bits per heavy atom. The van der Waals surface area contributed by atoms with Crippen LogP contribution in [0.15, 0.2) is 36.4 Å². The van der Waals surface area contributed by atoms with Crippen molar-refractivity contribution in [2.75, 3.05) is 0 Å². The van der Waals surface area contributed by atoms with E-state index >= 15 is 0 Å². The second kappa shape index (κ2) is 7.89. The lowest BCUT2D eigenvalue weighted by molar-refractivity contribution is -0.144. The summed E-state index contributed by atoms with van der Waals surface area (Å²) in [6.07, 6.45) is 2.34. The van der Waals surface area contributed by atoms with Crippen molar-refractivity contribution in [1.29, 1.82) is 0 Å². The van der Waals surface area contributed by atoms with Crippen molar-refractivity contribution in [1.82, 2.24) is 14.5 Å². The third kappa shape index (κ3) is 3.85. The number of hydrogen-bond donors (Lipinski definition) is 0. The van der Waals surface area contributed by atoms with E-state index in [2.05, 4.69) is 15.6 Å². The number of aryl methyl sites for hydroxylation is 4. The number of carbonyl (C=O) groups is 1. The third-order valence-electron chi connectivity index (χ3n) is 5.69. The maximum absolute atomic E-state index is 13.4. The molecule has 0 saturated carbocycles. The summed E-state index contributed by atoms with van der Waals surface area (Å²) in [4.78, 5) is 22.6. The van der Waals surface area contributed by atoms with Crippen LogP contribution >= 0.6 is 11.3 Å². The average molecular weight is 436 g/mol. The fraction of sp³-hybridized carbons (Fsp3) is 0.292. The number of halogens is 1. The topological polar surface area (TPSA) is 57.0 Å². The summed E-state index contributed by atoms with van der Waals surface area (Å²) in [5.41, 5.74) is 5.54. The van der Waals surface area contributed by atoms with Gasteiger partial charge in [-0.2, -0.15) is 0 Å². The van der Waals surface area contributed by atoms with Crippen molar-refractivity contribution in [3.8, 4) is 10.6 Å². The molecule has 7 heteroatoms. The highest BCUT2D eigenvalue weighted by atomic mass is 32.1. The molecular formula is C24H22FN3O2S. The summed E-state index contributed by atoms with van der Waals surface area (Å²) >= 11 is 1.45. The van der Waals surface area contributed by atoms with Gasteiger partial charge in [-0.05, 0) is 61.7 Å². The highest BCUT2D eigenvalue weighted by molar-refractivity contribution is 7.15. The minimum Gasteiger partial charge on any atom is -0.461 e. The van der Waals surface area contributed by atoms with E-state index in [1.165, 1.54) is 23.5 Å². The van der Waals surface area contributed by atoms with Crippen LogP contribution in [-0.2, 0) is 35.5 Å². The number of carbonyl (C=O) groups excluding carboxylic acids is 1. The molecule has 1 aliphatic rings. The number of imidazole rings is 1. The van der Waals surface area contributed by atoms with Crippen LogP contribution in [0.25, 0.3) is 21.6 Å². The number of benzene rings is 2. The predicted octanol–water partition coefficient (Wildman–Crippen LogP) is 5.15. The van der Waals surface area contributed by atoms with Gasteiger partial charge in [0.1, 0.15) is 23.3 Å². The Bertz CT molecular complexity index is 1310. The second-order valence-corrected chi connectivity index (χ2v) is 9.01. The van der Waals surface area contributed by atoms with Gasteiger partial charge >= 0.3 is 5.97 Å². The lowest BCUT2D eigenvalue weighted by atomic mass is 10.1. The number of rotatable bonds is 5. The van der Waals surface area contributed by atoms with Gasteiger partial charge in [0.15, 0.2) is 0 Å². The van der Waals surface area contributed by atoms with E-state index < -0.39 is 0 Å². The first-order chi connectivity index (χ1) is 15.0. The Morgan fingerprint density at radius 2 is 2.06 bits per heavy atom. The highest BCUT2D eigenvalue weighted by Gasteiger charge is 2.17. The standard InChI is InChI=1S/C24H22FN3O2S/c1-14-10-17(25)6-7-18(14)24-26-15(2)21(31-24)12-23(29)30-13-16-5-8-20-19(11-16)27-22-4-3-9-28(20)22/h5-8,10-11H,3-4,9,12-13H2,1-2H3. The number of hydrogen-bond acceptors (Lipinski definition) is 5. The van der Waals surface area contributed by atoms with E-state index in [4.69, 9.17) is 9.72 Å². The predicted molar refractivity (Wildman–Crippen MR) is 119 cm³/mol. The lowest BCUT2D eigenvalue weighted by Crippen LogP contribution is -2.07. The van der Waals surface area contributed by atoms with Crippen LogP contribution in [0.4, 0.5) is 4.39 Å². The molecule has 1 aliphatic heterocycles. The van der Waals surface area contributed by atoms with Crippen molar-refractivity contribution in [2.24, 2.45) is 0 Å². The summed E-state index contributed by atoms with van der Waals surface area (Å²) < 4.78 is 21.2. The van der Waals surface area contributed by atoms with Crippen LogP contribution < -0.4 is 0 Å². The van der Waals surface area contributed by atoms with Crippen LogP contribution in [0.3, 0.4) is 0 Å². The van der Waals surface area contributed by atoms with E-state index in [-0.39, 0.29) is 24.8 Å². The van der Waals surface area contributed by atoms with E-state index in [1.807, 2.05) is 26.0 Å². The number of fused-ring (bicyclic) bond motifs is 3. The van der Waals surface area contributed by atoms with Crippen molar-refractivity contribution in [3.63, 3.8) is 0 Å². The van der Waals surface area contributed by atoms with Gasteiger partial charge in [-0.15, -0.1) is 11.3 Å².